The quantitative estimate of drug-likeness (QED) is 0.777. The highest BCUT2D eigenvalue weighted by Crippen LogP contribution is 2.30. The molecule has 26 heavy (non-hydrogen) atoms. The molecule has 0 aliphatic rings. The third-order valence-electron chi connectivity index (χ3n) is 4.26. The average molecular weight is 357 g/mol. The van der Waals surface area contributed by atoms with Gasteiger partial charge in [-0.2, -0.15) is 0 Å². The van der Waals surface area contributed by atoms with Gasteiger partial charge in [0.25, 0.3) is 5.91 Å². The van der Waals surface area contributed by atoms with Crippen LogP contribution in [0, 0.1) is 13.8 Å². The Kier molecular flexibility index (Phi) is 6.89. The van der Waals surface area contributed by atoms with Gasteiger partial charge in [-0.1, -0.05) is 25.1 Å². The summed E-state index contributed by atoms with van der Waals surface area (Å²) in [5, 5.41) is 3.02. The predicted molar refractivity (Wildman–Crippen MR) is 102 cm³/mol. The standard InChI is InChI=1S/C21H27NO4/c1-6-17(16-9-10-18(24-4)20(12-16)25-5)22-21(23)13-26-19-11-14(2)7-8-15(19)3/h7-12,17H,6,13H2,1-5H3,(H,22,23). The van der Waals surface area contributed by atoms with E-state index >= 15 is 0 Å². The van der Waals surface area contributed by atoms with Crippen molar-refractivity contribution >= 4 is 5.91 Å². The van der Waals surface area contributed by atoms with Crippen LogP contribution >= 0.6 is 0 Å². The van der Waals surface area contributed by atoms with Gasteiger partial charge in [-0.05, 0) is 55.2 Å². The lowest BCUT2D eigenvalue weighted by atomic mass is 10.0. The second kappa shape index (κ2) is 9.13. The van der Waals surface area contributed by atoms with Gasteiger partial charge in [-0.15, -0.1) is 0 Å². The smallest absolute Gasteiger partial charge is 0.258 e. The van der Waals surface area contributed by atoms with E-state index in [9.17, 15) is 4.79 Å². The molecule has 0 aliphatic heterocycles. The molecule has 1 amide bonds. The number of hydrogen-bond acceptors (Lipinski definition) is 4. The third kappa shape index (κ3) is 4.91. The van der Waals surface area contributed by atoms with Crippen LogP contribution in [0.1, 0.15) is 36.1 Å². The molecule has 0 bridgehead atoms. The van der Waals surface area contributed by atoms with Gasteiger partial charge in [0.2, 0.25) is 0 Å². The first-order valence-electron chi connectivity index (χ1n) is 8.69. The molecule has 2 aromatic carbocycles. The van der Waals surface area contributed by atoms with Crippen LogP contribution in [0.15, 0.2) is 36.4 Å². The molecule has 2 rings (SSSR count). The van der Waals surface area contributed by atoms with E-state index in [0.717, 1.165) is 28.9 Å². The van der Waals surface area contributed by atoms with Crippen LogP contribution in [0.4, 0.5) is 0 Å². The molecule has 0 heterocycles. The van der Waals surface area contributed by atoms with E-state index in [4.69, 9.17) is 14.2 Å². The van der Waals surface area contributed by atoms with E-state index in [1.165, 1.54) is 0 Å². The van der Waals surface area contributed by atoms with Crippen molar-refractivity contribution in [2.45, 2.75) is 33.2 Å². The third-order valence-corrected chi connectivity index (χ3v) is 4.26. The number of hydrogen-bond donors (Lipinski definition) is 1. The molecule has 5 heteroatoms. The lowest BCUT2D eigenvalue weighted by molar-refractivity contribution is -0.123. The molecule has 1 unspecified atom stereocenters. The molecule has 140 valence electrons. The number of ether oxygens (including phenoxy) is 3. The minimum Gasteiger partial charge on any atom is -0.493 e. The van der Waals surface area contributed by atoms with Gasteiger partial charge in [-0.3, -0.25) is 4.79 Å². The minimum atomic E-state index is -0.160. The summed E-state index contributed by atoms with van der Waals surface area (Å²) in [6.07, 6.45) is 0.755. The highest BCUT2D eigenvalue weighted by atomic mass is 16.5. The SMILES string of the molecule is CCC(NC(=O)COc1cc(C)ccc1C)c1ccc(OC)c(OC)c1. The van der Waals surface area contributed by atoms with Crippen LogP contribution in [0.5, 0.6) is 17.2 Å². The van der Waals surface area contributed by atoms with Crippen molar-refractivity contribution in [3.05, 3.63) is 53.1 Å². The first kappa shape index (κ1) is 19.6. The van der Waals surface area contributed by atoms with E-state index in [2.05, 4.69) is 5.32 Å². The first-order valence-corrected chi connectivity index (χ1v) is 8.69. The Morgan fingerprint density at radius 1 is 1.00 bits per heavy atom. The molecular weight excluding hydrogens is 330 g/mol. The number of aryl methyl sites for hydroxylation is 2. The Labute approximate surface area is 155 Å². The molecule has 2 aromatic rings. The van der Waals surface area contributed by atoms with Crippen molar-refractivity contribution in [1.82, 2.24) is 5.32 Å². The summed E-state index contributed by atoms with van der Waals surface area (Å²) < 4.78 is 16.3. The molecule has 0 saturated heterocycles. The average Bonchev–Trinajstić information content (AvgIpc) is 2.66. The monoisotopic (exact) mass is 357 g/mol. The number of amides is 1. The van der Waals surface area contributed by atoms with Crippen LogP contribution in [0.2, 0.25) is 0 Å². The summed E-state index contributed by atoms with van der Waals surface area (Å²) in [7, 11) is 3.19. The second-order valence-corrected chi connectivity index (χ2v) is 6.20. The van der Waals surface area contributed by atoms with Gasteiger partial charge < -0.3 is 19.5 Å². The van der Waals surface area contributed by atoms with E-state index in [1.807, 2.05) is 57.2 Å². The molecule has 0 aromatic heterocycles. The van der Waals surface area contributed by atoms with E-state index < -0.39 is 0 Å². The zero-order valence-electron chi connectivity index (χ0n) is 16.1. The summed E-state index contributed by atoms with van der Waals surface area (Å²) in [5.74, 6) is 1.88. The summed E-state index contributed by atoms with van der Waals surface area (Å²) in [4.78, 5) is 12.3. The maximum atomic E-state index is 12.3. The van der Waals surface area contributed by atoms with E-state index in [0.29, 0.717) is 11.5 Å². The van der Waals surface area contributed by atoms with Gasteiger partial charge in [-0.25, -0.2) is 0 Å². The number of benzene rings is 2. The molecular formula is C21H27NO4. The van der Waals surface area contributed by atoms with Crippen LogP contribution < -0.4 is 19.5 Å². The predicted octanol–water partition coefficient (Wildman–Crippen LogP) is 3.97. The Hall–Kier alpha value is -2.69. The summed E-state index contributed by atoms with van der Waals surface area (Å²) in [6, 6.07) is 11.5. The maximum Gasteiger partial charge on any atom is 0.258 e. The zero-order chi connectivity index (χ0) is 19.1. The number of nitrogens with one attached hydrogen (secondary N) is 1. The van der Waals surface area contributed by atoms with Gasteiger partial charge in [0, 0.05) is 0 Å². The fraction of sp³-hybridized carbons (Fsp3) is 0.381. The molecule has 0 spiro atoms. The van der Waals surface area contributed by atoms with Crippen LogP contribution in [-0.2, 0) is 4.79 Å². The van der Waals surface area contributed by atoms with Crippen LogP contribution in [0.25, 0.3) is 0 Å². The zero-order valence-corrected chi connectivity index (χ0v) is 16.1. The molecule has 0 aliphatic carbocycles. The Morgan fingerprint density at radius 2 is 1.73 bits per heavy atom. The van der Waals surface area contributed by atoms with Gasteiger partial charge in [0.05, 0.1) is 20.3 Å². The lowest BCUT2D eigenvalue weighted by Crippen LogP contribution is -2.32. The highest BCUT2D eigenvalue weighted by Gasteiger charge is 2.16. The number of rotatable bonds is 8. The first-order chi connectivity index (χ1) is 12.5. The van der Waals surface area contributed by atoms with Crippen molar-refractivity contribution in [2.75, 3.05) is 20.8 Å². The van der Waals surface area contributed by atoms with Crippen molar-refractivity contribution in [3.63, 3.8) is 0 Å². The van der Waals surface area contributed by atoms with Crippen molar-refractivity contribution in [2.24, 2.45) is 0 Å². The van der Waals surface area contributed by atoms with Crippen molar-refractivity contribution in [3.8, 4) is 17.2 Å². The van der Waals surface area contributed by atoms with E-state index in [-0.39, 0.29) is 18.6 Å². The van der Waals surface area contributed by atoms with Crippen LogP contribution in [0.3, 0.4) is 0 Å². The topological polar surface area (TPSA) is 56.8 Å². The van der Waals surface area contributed by atoms with E-state index in [1.54, 1.807) is 14.2 Å². The fourth-order valence-electron chi connectivity index (χ4n) is 2.73. The van der Waals surface area contributed by atoms with Crippen molar-refractivity contribution in [1.29, 1.82) is 0 Å². The van der Waals surface area contributed by atoms with Gasteiger partial charge >= 0.3 is 0 Å². The van der Waals surface area contributed by atoms with Gasteiger partial charge in [0.15, 0.2) is 18.1 Å². The molecule has 0 saturated carbocycles. The van der Waals surface area contributed by atoms with Gasteiger partial charge in [0.1, 0.15) is 5.75 Å². The number of carbonyl (C=O) groups is 1. The normalized spacial score (nSPS) is 11.6. The second-order valence-electron chi connectivity index (χ2n) is 6.20. The fourth-order valence-corrected chi connectivity index (χ4v) is 2.73. The number of carbonyl (C=O) groups excluding carboxylic acids is 1. The number of methoxy groups -OCH3 is 2. The molecule has 5 nitrogen and oxygen atoms in total. The Balaban J connectivity index is 2.03. The minimum absolute atomic E-state index is 0.0198. The maximum absolute atomic E-state index is 12.3. The largest absolute Gasteiger partial charge is 0.493 e. The summed E-state index contributed by atoms with van der Waals surface area (Å²) >= 11 is 0. The highest BCUT2D eigenvalue weighted by molar-refractivity contribution is 5.78. The molecule has 1 N–H and O–H groups in total. The summed E-state index contributed by atoms with van der Waals surface area (Å²) in [6.45, 7) is 5.96. The molecule has 0 radical (unpaired) electrons. The Bertz CT molecular complexity index is 758. The van der Waals surface area contributed by atoms with Crippen molar-refractivity contribution < 1.29 is 19.0 Å². The van der Waals surface area contributed by atoms with Crippen LogP contribution in [-0.4, -0.2) is 26.7 Å². The molecule has 1 atom stereocenters. The Morgan fingerprint density at radius 3 is 2.38 bits per heavy atom. The lowest BCUT2D eigenvalue weighted by Gasteiger charge is -2.19. The summed E-state index contributed by atoms with van der Waals surface area (Å²) in [5.41, 5.74) is 3.07. The molecule has 0 fully saturated rings.